The van der Waals surface area contributed by atoms with Crippen LogP contribution in [0, 0.1) is 0 Å². The predicted molar refractivity (Wildman–Crippen MR) is 106 cm³/mol. The van der Waals surface area contributed by atoms with Gasteiger partial charge in [0.05, 0.1) is 24.6 Å². The van der Waals surface area contributed by atoms with Crippen molar-refractivity contribution in [1.29, 1.82) is 0 Å². The van der Waals surface area contributed by atoms with Crippen LogP contribution in [0.3, 0.4) is 0 Å². The van der Waals surface area contributed by atoms with Crippen molar-refractivity contribution in [3.8, 4) is 5.75 Å². The number of ether oxygens (including phenoxy) is 1. The van der Waals surface area contributed by atoms with Gasteiger partial charge in [-0.15, -0.1) is 0 Å². The standard InChI is InChI=1S/C21H19N3O4/c1-14(23-24-20(25)17-6-3-4-7-18(17)27-2)15-9-11-16(12-10-15)22-21(26)19-8-5-13-28-19/h3-13H,1-2H3,(H,22,26)(H,24,25)/b23-14-. The van der Waals surface area contributed by atoms with E-state index in [4.69, 9.17) is 9.15 Å². The van der Waals surface area contributed by atoms with Crippen molar-refractivity contribution in [2.24, 2.45) is 5.10 Å². The fourth-order valence-electron chi connectivity index (χ4n) is 2.49. The van der Waals surface area contributed by atoms with Gasteiger partial charge in [-0.3, -0.25) is 9.59 Å². The number of hydrogen-bond acceptors (Lipinski definition) is 5. The van der Waals surface area contributed by atoms with Crippen molar-refractivity contribution < 1.29 is 18.7 Å². The molecule has 2 aromatic carbocycles. The van der Waals surface area contributed by atoms with E-state index in [2.05, 4.69) is 15.8 Å². The topological polar surface area (TPSA) is 92.9 Å². The largest absolute Gasteiger partial charge is 0.496 e. The molecule has 0 aliphatic heterocycles. The number of nitrogens with one attached hydrogen (secondary N) is 2. The number of anilines is 1. The van der Waals surface area contributed by atoms with E-state index in [1.165, 1.54) is 13.4 Å². The second-order valence-electron chi connectivity index (χ2n) is 5.85. The highest BCUT2D eigenvalue weighted by molar-refractivity contribution is 6.04. The van der Waals surface area contributed by atoms with Crippen molar-refractivity contribution in [2.45, 2.75) is 6.92 Å². The number of amides is 2. The Hall–Kier alpha value is -3.87. The van der Waals surface area contributed by atoms with Gasteiger partial charge in [0.2, 0.25) is 0 Å². The van der Waals surface area contributed by atoms with Crippen LogP contribution in [-0.2, 0) is 0 Å². The first-order valence-electron chi connectivity index (χ1n) is 8.51. The first kappa shape index (κ1) is 18.9. The number of hydrogen-bond donors (Lipinski definition) is 2. The molecule has 7 heteroatoms. The van der Waals surface area contributed by atoms with Crippen LogP contribution < -0.4 is 15.5 Å². The summed E-state index contributed by atoms with van der Waals surface area (Å²) in [5, 5.41) is 6.88. The molecule has 2 N–H and O–H groups in total. The third-order valence-corrected chi connectivity index (χ3v) is 3.98. The zero-order valence-corrected chi connectivity index (χ0v) is 15.4. The summed E-state index contributed by atoms with van der Waals surface area (Å²) in [5.74, 6) is 0.0247. The van der Waals surface area contributed by atoms with E-state index < -0.39 is 0 Å². The van der Waals surface area contributed by atoms with Gasteiger partial charge in [0.25, 0.3) is 11.8 Å². The van der Waals surface area contributed by atoms with Crippen molar-refractivity contribution >= 4 is 23.2 Å². The minimum atomic E-state index is -0.362. The first-order chi connectivity index (χ1) is 13.6. The van der Waals surface area contributed by atoms with E-state index in [9.17, 15) is 9.59 Å². The molecule has 0 spiro atoms. The summed E-state index contributed by atoms with van der Waals surface area (Å²) in [6.45, 7) is 1.78. The van der Waals surface area contributed by atoms with Crippen molar-refractivity contribution in [2.75, 3.05) is 12.4 Å². The molecule has 0 bridgehead atoms. The van der Waals surface area contributed by atoms with Gasteiger partial charge < -0.3 is 14.5 Å². The zero-order chi connectivity index (χ0) is 19.9. The molecular weight excluding hydrogens is 358 g/mol. The number of para-hydroxylation sites is 1. The van der Waals surface area contributed by atoms with Gasteiger partial charge >= 0.3 is 0 Å². The molecule has 0 saturated carbocycles. The number of carbonyl (C=O) groups excluding carboxylic acids is 2. The lowest BCUT2D eigenvalue weighted by molar-refractivity contribution is 0.0950. The quantitative estimate of drug-likeness (QED) is 0.506. The summed E-state index contributed by atoms with van der Waals surface area (Å²) in [5.41, 5.74) is 4.97. The molecule has 0 aliphatic carbocycles. The maximum absolute atomic E-state index is 12.3. The minimum Gasteiger partial charge on any atom is -0.496 e. The molecule has 1 aromatic heterocycles. The Morgan fingerprint density at radius 2 is 1.71 bits per heavy atom. The lowest BCUT2D eigenvalue weighted by Gasteiger charge is -2.08. The maximum atomic E-state index is 12.3. The Kier molecular flexibility index (Phi) is 5.86. The monoisotopic (exact) mass is 377 g/mol. The van der Waals surface area contributed by atoms with Crippen LogP contribution in [0.5, 0.6) is 5.75 Å². The summed E-state index contributed by atoms with van der Waals surface area (Å²) in [7, 11) is 1.51. The molecule has 2 amide bonds. The highest BCUT2D eigenvalue weighted by Crippen LogP contribution is 2.17. The zero-order valence-electron chi connectivity index (χ0n) is 15.4. The van der Waals surface area contributed by atoms with Gasteiger partial charge in [0.1, 0.15) is 5.75 Å². The average Bonchev–Trinajstić information content (AvgIpc) is 3.27. The fraction of sp³-hybridized carbons (Fsp3) is 0.0952. The van der Waals surface area contributed by atoms with Crippen molar-refractivity contribution in [3.63, 3.8) is 0 Å². The SMILES string of the molecule is COc1ccccc1C(=O)N/N=C(/C)c1ccc(NC(=O)c2ccco2)cc1. The molecule has 0 saturated heterocycles. The molecule has 0 atom stereocenters. The van der Waals surface area contributed by atoms with Crippen LogP contribution in [0.1, 0.15) is 33.4 Å². The summed E-state index contributed by atoms with van der Waals surface area (Å²) in [6, 6.07) is 17.2. The number of methoxy groups -OCH3 is 1. The number of furan rings is 1. The minimum absolute atomic E-state index is 0.237. The lowest BCUT2D eigenvalue weighted by atomic mass is 10.1. The second-order valence-corrected chi connectivity index (χ2v) is 5.85. The number of carbonyl (C=O) groups is 2. The van der Waals surface area contributed by atoms with Gasteiger partial charge in [0.15, 0.2) is 5.76 Å². The van der Waals surface area contributed by atoms with E-state index in [-0.39, 0.29) is 17.6 Å². The van der Waals surface area contributed by atoms with Gasteiger partial charge in [-0.1, -0.05) is 24.3 Å². The normalized spacial score (nSPS) is 11.0. The molecule has 0 radical (unpaired) electrons. The van der Waals surface area contributed by atoms with Crippen LogP contribution in [0.4, 0.5) is 5.69 Å². The molecule has 28 heavy (non-hydrogen) atoms. The smallest absolute Gasteiger partial charge is 0.291 e. The Balaban J connectivity index is 1.64. The molecule has 1 heterocycles. The van der Waals surface area contributed by atoms with Crippen LogP contribution in [0.25, 0.3) is 0 Å². The Morgan fingerprint density at radius 3 is 2.39 bits per heavy atom. The number of benzene rings is 2. The molecular formula is C21H19N3O4. The van der Waals surface area contributed by atoms with Crippen LogP contribution in [-0.4, -0.2) is 24.6 Å². The Morgan fingerprint density at radius 1 is 0.964 bits per heavy atom. The predicted octanol–water partition coefficient (Wildman–Crippen LogP) is 3.69. The molecule has 0 aliphatic rings. The maximum Gasteiger partial charge on any atom is 0.291 e. The molecule has 142 valence electrons. The number of hydrazone groups is 1. The molecule has 0 fully saturated rings. The highest BCUT2D eigenvalue weighted by atomic mass is 16.5. The van der Waals surface area contributed by atoms with Crippen LogP contribution >= 0.6 is 0 Å². The van der Waals surface area contributed by atoms with Gasteiger partial charge in [-0.05, 0) is 48.9 Å². The van der Waals surface area contributed by atoms with Crippen LogP contribution in [0.15, 0.2) is 76.4 Å². The highest BCUT2D eigenvalue weighted by Gasteiger charge is 2.11. The molecule has 0 unspecified atom stereocenters. The Labute approximate surface area is 162 Å². The van der Waals surface area contributed by atoms with Gasteiger partial charge in [0, 0.05) is 5.69 Å². The first-order valence-corrected chi connectivity index (χ1v) is 8.51. The van der Waals surface area contributed by atoms with Crippen molar-refractivity contribution in [3.05, 3.63) is 83.8 Å². The lowest BCUT2D eigenvalue weighted by Crippen LogP contribution is -2.20. The Bertz CT molecular complexity index is 993. The second kappa shape index (κ2) is 8.68. The van der Waals surface area contributed by atoms with E-state index in [0.29, 0.717) is 22.7 Å². The third kappa shape index (κ3) is 4.45. The van der Waals surface area contributed by atoms with E-state index in [1.807, 2.05) is 0 Å². The number of nitrogens with zero attached hydrogens (tertiary/aromatic N) is 1. The molecule has 3 rings (SSSR count). The number of rotatable bonds is 6. The molecule has 7 nitrogen and oxygen atoms in total. The van der Waals surface area contributed by atoms with Crippen molar-refractivity contribution in [1.82, 2.24) is 5.43 Å². The summed E-state index contributed by atoms with van der Waals surface area (Å²) in [6.07, 6.45) is 1.44. The summed E-state index contributed by atoms with van der Waals surface area (Å²) < 4.78 is 10.2. The summed E-state index contributed by atoms with van der Waals surface area (Å²) in [4.78, 5) is 24.3. The van der Waals surface area contributed by atoms with Gasteiger partial charge in [-0.2, -0.15) is 5.10 Å². The summed E-state index contributed by atoms with van der Waals surface area (Å²) >= 11 is 0. The van der Waals surface area contributed by atoms with E-state index >= 15 is 0 Å². The van der Waals surface area contributed by atoms with E-state index in [0.717, 1.165) is 5.56 Å². The van der Waals surface area contributed by atoms with Gasteiger partial charge in [-0.25, -0.2) is 5.43 Å². The molecule has 3 aromatic rings. The van der Waals surface area contributed by atoms with E-state index in [1.54, 1.807) is 67.6 Å². The average molecular weight is 377 g/mol. The van der Waals surface area contributed by atoms with Crippen LogP contribution in [0.2, 0.25) is 0 Å². The fourth-order valence-corrected chi connectivity index (χ4v) is 2.49. The third-order valence-electron chi connectivity index (χ3n) is 3.98.